The molecular weight excluding hydrogens is 369 g/mol. The SMILES string of the molecule is O=C(CSc1nnnn1-c1ccccc1Cl)Nc1ccccc1Cl. The van der Waals surface area contributed by atoms with E-state index in [0.29, 0.717) is 26.6 Å². The van der Waals surface area contributed by atoms with Gasteiger partial charge in [0.25, 0.3) is 0 Å². The standard InChI is InChI=1S/C15H11Cl2N5OS/c16-10-5-1-3-7-12(10)18-14(23)9-24-15-19-20-21-22(15)13-8-4-2-6-11(13)17/h1-8H,9H2,(H,18,23). The van der Waals surface area contributed by atoms with Crippen molar-refractivity contribution in [2.24, 2.45) is 0 Å². The highest BCUT2D eigenvalue weighted by atomic mass is 35.5. The van der Waals surface area contributed by atoms with Crippen molar-refractivity contribution in [3.05, 3.63) is 58.6 Å². The van der Waals surface area contributed by atoms with Gasteiger partial charge in [-0.1, -0.05) is 59.2 Å². The van der Waals surface area contributed by atoms with E-state index < -0.39 is 0 Å². The summed E-state index contributed by atoms with van der Waals surface area (Å²) in [5.41, 5.74) is 1.22. The zero-order valence-corrected chi connectivity index (χ0v) is 14.5. The summed E-state index contributed by atoms with van der Waals surface area (Å²) in [5.74, 6) is -0.0717. The van der Waals surface area contributed by atoms with Gasteiger partial charge in [-0.3, -0.25) is 4.79 Å². The first-order valence-corrected chi connectivity index (χ1v) is 8.60. The summed E-state index contributed by atoms with van der Waals surface area (Å²) >= 11 is 13.4. The number of amides is 1. The van der Waals surface area contributed by atoms with Crippen molar-refractivity contribution in [1.82, 2.24) is 20.2 Å². The molecule has 0 aliphatic heterocycles. The topological polar surface area (TPSA) is 72.7 Å². The number of aromatic nitrogens is 4. The molecule has 24 heavy (non-hydrogen) atoms. The fraction of sp³-hybridized carbons (Fsp3) is 0.0667. The molecule has 1 aromatic heterocycles. The van der Waals surface area contributed by atoms with Crippen LogP contribution in [0.3, 0.4) is 0 Å². The summed E-state index contributed by atoms with van der Waals surface area (Å²) in [4.78, 5) is 12.1. The molecule has 0 spiro atoms. The Hall–Kier alpha value is -2.09. The molecule has 0 aliphatic rings. The second-order valence-electron chi connectivity index (χ2n) is 4.64. The number of hydrogen-bond acceptors (Lipinski definition) is 5. The number of benzene rings is 2. The Morgan fingerprint density at radius 1 is 1.08 bits per heavy atom. The largest absolute Gasteiger partial charge is 0.324 e. The van der Waals surface area contributed by atoms with Gasteiger partial charge in [0.2, 0.25) is 11.1 Å². The van der Waals surface area contributed by atoms with E-state index in [2.05, 4.69) is 20.8 Å². The number of carbonyl (C=O) groups excluding carboxylic acids is 1. The van der Waals surface area contributed by atoms with E-state index in [4.69, 9.17) is 23.2 Å². The van der Waals surface area contributed by atoms with Gasteiger partial charge in [-0.25, -0.2) is 0 Å². The average Bonchev–Trinajstić information content (AvgIpc) is 3.04. The Bertz CT molecular complexity index is 870. The minimum Gasteiger partial charge on any atom is -0.324 e. The maximum Gasteiger partial charge on any atom is 0.234 e. The lowest BCUT2D eigenvalue weighted by molar-refractivity contribution is -0.113. The van der Waals surface area contributed by atoms with E-state index in [1.807, 2.05) is 12.1 Å². The molecule has 9 heteroatoms. The van der Waals surface area contributed by atoms with Gasteiger partial charge in [0.15, 0.2) is 0 Å². The van der Waals surface area contributed by atoms with Gasteiger partial charge in [0, 0.05) is 0 Å². The van der Waals surface area contributed by atoms with E-state index in [1.54, 1.807) is 36.4 Å². The van der Waals surface area contributed by atoms with Gasteiger partial charge in [0.05, 0.1) is 27.2 Å². The minimum atomic E-state index is -0.207. The summed E-state index contributed by atoms with van der Waals surface area (Å²) in [6.45, 7) is 0. The number of hydrogen-bond donors (Lipinski definition) is 1. The molecule has 3 rings (SSSR count). The van der Waals surface area contributed by atoms with Crippen LogP contribution in [0.1, 0.15) is 0 Å². The molecule has 0 radical (unpaired) electrons. The fourth-order valence-corrected chi connectivity index (χ4v) is 3.01. The number of thioether (sulfide) groups is 1. The number of para-hydroxylation sites is 2. The number of anilines is 1. The zero-order chi connectivity index (χ0) is 16.9. The number of rotatable bonds is 5. The van der Waals surface area contributed by atoms with Crippen molar-refractivity contribution in [2.45, 2.75) is 5.16 Å². The summed E-state index contributed by atoms with van der Waals surface area (Å²) in [5, 5.41) is 15.7. The molecular formula is C15H11Cl2N5OS. The van der Waals surface area contributed by atoms with Crippen molar-refractivity contribution in [1.29, 1.82) is 0 Å². The van der Waals surface area contributed by atoms with Crippen LogP contribution in [0.2, 0.25) is 10.0 Å². The highest BCUT2D eigenvalue weighted by Gasteiger charge is 2.14. The van der Waals surface area contributed by atoms with E-state index >= 15 is 0 Å². The molecule has 0 fully saturated rings. The van der Waals surface area contributed by atoms with Crippen molar-refractivity contribution in [3.8, 4) is 5.69 Å². The van der Waals surface area contributed by atoms with Crippen LogP contribution < -0.4 is 5.32 Å². The molecule has 0 unspecified atom stereocenters. The predicted molar refractivity (Wildman–Crippen MR) is 95.0 cm³/mol. The molecule has 0 aliphatic carbocycles. The normalized spacial score (nSPS) is 10.6. The Morgan fingerprint density at radius 3 is 2.54 bits per heavy atom. The van der Waals surface area contributed by atoms with Gasteiger partial charge in [-0.2, -0.15) is 4.68 Å². The molecule has 3 aromatic rings. The van der Waals surface area contributed by atoms with Crippen LogP contribution >= 0.6 is 35.0 Å². The summed E-state index contributed by atoms with van der Waals surface area (Å²) in [7, 11) is 0. The second-order valence-corrected chi connectivity index (χ2v) is 6.40. The van der Waals surface area contributed by atoms with E-state index in [0.717, 1.165) is 0 Å². The third kappa shape index (κ3) is 3.87. The Morgan fingerprint density at radius 2 is 1.79 bits per heavy atom. The monoisotopic (exact) mass is 379 g/mol. The molecule has 0 saturated carbocycles. The second kappa shape index (κ2) is 7.65. The van der Waals surface area contributed by atoms with Crippen molar-refractivity contribution in [3.63, 3.8) is 0 Å². The first-order chi connectivity index (χ1) is 11.6. The van der Waals surface area contributed by atoms with Crippen LogP contribution in [0.25, 0.3) is 5.69 Å². The van der Waals surface area contributed by atoms with Crippen LogP contribution in [-0.4, -0.2) is 31.9 Å². The minimum absolute atomic E-state index is 0.135. The van der Waals surface area contributed by atoms with Gasteiger partial charge < -0.3 is 5.32 Å². The molecule has 0 bridgehead atoms. The van der Waals surface area contributed by atoms with Gasteiger partial charge >= 0.3 is 0 Å². The zero-order valence-electron chi connectivity index (χ0n) is 12.2. The predicted octanol–water partition coefficient (Wildman–Crippen LogP) is 3.70. The van der Waals surface area contributed by atoms with Crippen LogP contribution in [-0.2, 0) is 4.79 Å². The van der Waals surface area contributed by atoms with Crippen LogP contribution in [0, 0.1) is 0 Å². The number of nitrogens with zero attached hydrogens (tertiary/aromatic N) is 4. The first kappa shape index (κ1) is 16.8. The fourth-order valence-electron chi connectivity index (χ4n) is 1.92. The smallest absolute Gasteiger partial charge is 0.234 e. The van der Waals surface area contributed by atoms with E-state index in [9.17, 15) is 4.79 Å². The molecule has 1 heterocycles. The first-order valence-electron chi connectivity index (χ1n) is 6.85. The molecule has 6 nitrogen and oxygen atoms in total. The molecule has 1 N–H and O–H groups in total. The Labute approximate surface area is 152 Å². The number of nitrogens with one attached hydrogen (secondary N) is 1. The van der Waals surface area contributed by atoms with Crippen LogP contribution in [0.5, 0.6) is 0 Å². The molecule has 0 saturated heterocycles. The third-order valence-electron chi connectivity index (χ3n) is 3.00. The molecule has 122 valence electrons. The molecule has 1 amide bonds. The number of carbonyl (C=O) groups is 1. The number of halogens is 2. The van der Waals surface area contributed by atoms with Gasteiger partial charge in [-0.05, 0) is 34.7 Å². The number of tetrazole rings is 1. The average molecular weight is 380 g/mol. The van der Waals surface area contributed by atoms with E-state index in [1.165, 1.54) is 16.4 Å². The van der Waals surface area contributed by atoms with Crippen LogP contribution in [0.4, 0.5) is 5.69 Å². The highest BCUT2D eigenvalue weighted by molar-refractivity contribution is 7.99. The Balaban J connectivity index is 1.68. The summed E-state index contributed by atoms with van der Waals surface area (Å²) in [6.07, 6.45) is 0. The maximum absolute atomic E-state index is 12.1. The van der Waals surface area contributed by atoms with E-state index in [-0.39, 0.29) is 11.7 Å². The lowest BCUT2D eigenvalue weighted by Crippen LogP contribution is -2.15. The van der Waals surface area contributed by atoms with Gasteiger partial charge in [-0.15, -0.1) is 5.10 Å². The molecule has 2 aromatic carbocycles. The Kier molecular flexibility index (Phi) is 5.34. The maximum atomic E-state index is 12.1. The van der Waals surface area contributed by atoms with Crippen LogP contribution in [0.15, 0.2) is 53.7 Å². The van der Waals surface area contributed by atoms with Gasteiger partial charge in [0.1, 0.15) is 0 Å². The van der Waals surface area contributed by atoms with Crippen molar-refractivity contribution in [2.75, 3.05) is 11.1 Å². The lowest BCUT2D eigenvalue weighted by atomic mass is 10.3. The molecule has 0 atom stereocenters. The van der Waals surface area contributed by atoms with Crippen molar-refractivity contribution < 1.29 is 4.79 Å². The third-order valence-corrected chi connectivity index (χ3v) is 4.57. The highest BCUT2D eigenvalue weighted by Crippen LogP contribution is 2.24. The lowest BCUT2D eigenvalue weighted by Gasteiger charge is -2.07. The van der Waals surface area contributed by atoms with Crippen molar-refractivity contribution >= 4 is 46.6 Å². The summed E-state index contributed by atoms with van der Waals surface area (Å²) in [6, 6.07) is 14.2. The summed E-state index contributed by atoms with van der Waals surface area (Å²) < 4.78 is 1.50. The quantitative estimate of drug-likeness (QED) is 0.684.